The van der Waals surface area contributed by atoms with Crippen LogP contribution in [0.5, 0.6) is 5.75 Å². The van der Waals surface area contributed by atoms with Gasteiger partial charge >= 0.3 is 5.97 Å². The van der Waals surface area contributed by atoms with Gasteiger partial charge in [0.15, 0.2) is 6.61 Å². The Hall–Kier alpha value is -2.82. The molecule has 0 unspecified atom stereocenters. The van der Waals surface area contributed by atoms with Crippen molar-refractivity contribution in [1.29, 1.82) is 0 Å². The molecule has 27 heavy (non-hydrogen) atoms. The van der Waals surface area contributed by atoms with E-state index in [1.807, 2.05) is 57.2 Å². The summed E-state index contributed by atoms with van der Waals surface area (Å²) in [5.41, 5.74) is 1.46. The highest BCUT2D eigenvalue weighted by Crippen LogP contribution is 2.28. The van der Waals surface area contributed by atoms with E-state index in [1.165, 1.54) is 0 Å². The molecule has 1 N–H and O–H groups in total. The molecule has 0 aliphatic rings. The molecule has 2 rings (SSSR count). The molecular weight excluding hydrogens is 342 g/mol. The standard InChI is InChI=1S/C22H27NO4/c1-4-16(3)21(17-11-7-6-8-12-17)22(25)27-15-20(24)23-18-13-9-10-14-19(18)26-5-2/h6-14,16,21H,4-5,15H2,1-3H3,(H,23,24)/t16-,21+/m0/s1. The Morgan fingerprint density at radius 2 is 1.67 bits per heavy atom. The fraction of sp³-hybridized carbons (Fsp3) is 0.364. The molecule has 0 heterocycles. The lowest BCUT2D eigenvalue weighted by Gasteiger charge is -2.21. The van der Waals surface area contributed by atoms with Crippen LogP contribution < -0.4 is 10.1 Å². The van der Waals surface area contributed by atoms with E-state index in [0.717, 1.165) is 12.0 Å². The molecule has 0 fully saturated rings. The molecule has 1 amide bonds. The van der Waals surface area contributed by atoms with Crippen molar-refractivity contribution >= 4 is 17.6 Å². The van der Waals surface area contributed by atoms with E-state index in [4.69, 9.17) is 9.47 Å². The molecule has 2 atom stereocenters. The fourth-order valence-electron chi connectivity index (χ4n) is 2.86. The Morgan fingerprint density at radius 1 is 1.00 bits per heavy atom. The first-order chi connectivity index (χ1) is 13.1. The van der Waals surface area contributed by atoms with Gasteiger partial charge in [-0.2, -0.15) is 0 Å². The van der Waals surface area contributed by atoms with Gasteiger partial charge in [0.2, 0.25) is 0 Å². The molecule has 5 heteroatoms. The summed E-state index contributed by atoms with van der Waals surface area (Å²) < 4.78 is 10.8. The van der Waals surface area contributed by atoms with Gasteiger partial charge in [0, 0.05) is 0 Å². The number of esters is 1. The average molecular weight is 369 g/mol. The first-order valence-electron chi connectivity index (χ1n) is 9.30. The van der Waals surface area contributed by atoms with E-state index in [0.29, 0.717) is 18.0 Å². The maximum absolute atomic E-state index is 12.6. The summed E-state index contributed by atoms with van der Waals surface area (Å²) >= 11 is 0. The van der Waals surface area contributed by atoms with Crippen LogP contribution in [-0.2, 0) is 14.3 Å². The molecule has 0 aromatic heterocycles. The summed E-state index contributed by atoms with van der Waals surface area (Å²) in [5.74, 6) is -0.474. The minimum absolute atomic E-state index is 0.113. The quantitative estimate of drug-likeness (QED) is 0.666. The Morgan fingerprint density at radius 3 is 2.33 bits per heavy atom. The minimum Gasteiger partial charge on any atom is -0.492 e. The molecule has 0 saturated carbocycles. The van der Waals surface area contributed by atoms with Crippen LogP contribution in [0.4, 0.5) is 5.69 Å². The predicted octanol–water partition coefficient (Wildman–Crippen LogP) is 4.40. The van der Waals surface area contributed by atoms with E-state index >= 15 is 0 Å². The highest BCUT2D eigenvalue weighted by molar-refractivity contribution is 5.94. The van der Waals surface area contributed by atoms with Crippen molar-refractivity contribution in [3.8, 4) is 5.75 Å². The highest BCUT2D eigenvalue weighted by Gasteiger charge is 2.27. The zero-order chi connectivity index (χ0) is 19.6. The van der Waals surface area contributed by atoms with Crippen LogP contribution in [0.1, 0.15) is 38.7 Å². The number of carbonyl (C=O) groups is 2. The summed E-state index contributed by atoms with van der Waals surface area (Å²) in [4.78, 5) is 24.9. The van der Waals surface area contributed by atoms with Gasteiger partial charge in [0.1, 0.15) is 5.75 Å². The third-order valence-electron chi connectivity index (χ3n) is 4.43. The number of para-hydroxylation sites is 2. The number of rotatable bonds is 9. The molecule has 0 saturated heterocycles. The number of benzene rings is 2. The van der Waals surface area contributed by atoms with Gasteiger partial charge in [-0.3, -0.25) is 9.59 Å². The van der Waals surface area contributed by atoms with Crippen molar-refractivity contribution in [3.63, 3.8) is 0 Å². The van der Waals surface area contributed by atoms with E-state index in [9.17, 15) is 9.59 Å². The van der Waals surface area contributed by atoms with Gasteiger partial charge in [-0.05, 0) is 30.5 Å². The molecule has 0 spiro atoms. The van der Waals surface area contributed by atoms with E-state index in [2.05, 4.69) is 5.32 Å². The van der Waals surface area contributed by atoms with E-state index < -0.39 is 5.91 Å². The zero-order valence-electron chi connectivity index (χ0n) is 16.1. The molecule has 2 aromatic carbocycles. The number of hydrogen-bond donors (Lipinski definition) is 1. The Balaban J connectivity index is 1.99. The molecule has 2 aromatic rings. The SMILES string of the molecule is CCOc1ccccc1NC(=O)COC(=O)[C@@H](c1ccccc1)[C@@H](C)CC. The third-order valence-corrected chi connectivity index (χ3v) is 4.43. The molecule has 144 valence electrons. The van der Waals surface area contributed by atoms with Crippen LogP contribution in [0.2, 0.25) is 0 Å². The Kier molecular flexibility index (Phi) is 7.86. The lowest BCUT2D eigenvalue weighted by molar-refractivity contribution is -0.150. The molecule has 5 nitrogen and oxygen atoms in total. The van der Waals surface area contributed by atoms with Crippen LogP contribution in [-0.4, -0.2) is 25.1 Å². The van der Waals surface area contributed by atoms with E-state index in [1.54, 1.807) is 18.2 Å². The number of amides is 1. The van der Waals surface area contributed by atoms with Gasteiger partial charge in [0.05, 0.1) is 18.2 Å². The smallest absolute Gasteiger partial charge is 0.314 e. The van der Waals surface area contributed by atoms with Gasteiger partial charge in [0.25, 0.3) is 5.91 Å². The molecule has 0 bridgehead atoms. The van der Waals surface area contributed by atoms with Crippen molar-refractivity contribution < 1.29 is 19.1 Å². The second-order valence-electron chi connectivity index (χ2n) is 6.36. The number of anilines is 1. The van der Waals surface area contributed by atoms with Crippen LogP contribution >= 0.6 is 0 Å². The van der Waals surface area contributed by atoms with Crippen molar-refractivity contribution in [2.75, 3.05) is 18.5 Å². The monoisotopic (exact) mass is 369 g/mol. The first kappa shape index (κ1) is 20.5. The number of nitrogens with one attached hydrogen (secondary N) is 1. The maximum atomic E-state index is 12.6. The normalized spacial score (nSPS) is 12.7. The van der Waals surface area contributed by atoms with Crippen molar-refractivity contribution in [3.05, 3.63) is 60.2 Å². The second-order valence-corrected chi connectivity index (χ2v) is 6.36. The Bertz CT molecular complexity index is 745. The van der Waals surface area contributed by atoms with Crippen LogP contribution in [0.15, 0.2) is 54.6 Å². The summed E-state index contributed by atoms with van der Waals surface area (Å²) in [6.07, 6.45) is 0.836. The number of ether oxygens (including phenoxy) is 2. The van der Waals surface area contributed by atoms with Gasteiger partial charge < -0.3 is 14.8 Å². The zero-order valence-corrected chi connectivity index (χ0v) is 16.1. The number of carbonyl (C=O) groups excluding carboxylic acids is 2. The van der Waals surface area contributed by atoms with Crippen LogP contribution in [0.25, 0.3) is 0 Å². The largest absolute Gasteiger partial charge is 0.492 e. The molecule has 0 aliphatic carbocycles. The van der Waals surface area contributed by atoms with Crippen molar-refractivity contribution in [2.24, 2.45) is 5.92 Å². The maximum Gasteiger partial charge on any atom is 0.314 e. The first-order valence-corrected chi connectivity index (χ1v) is 9.30. The summed E-state index contributed by atoms with van der Waals surface area (Å²) in [7, 11) is 0. The summed E-state index contributed by atoms with van der Waals surface area (Å²) in [6, 6.07) is 16.7. The summed E-state index contributed by atoms with van der Waals surface area (Å²) in [5, 5.41) is 2.73. The van der Waals surface area contributed by atoms with Crippen molar-refractivity contribution in [1.82, 2.24) is 0 Å². The highest BCUT2D eigenvalue weighted by atomic mass is 16.5. The van der Waals surface area contributed by atoms with Crippen LogP contribution in [0, 0.1) is 5.92 Å². The predicted molar refractivity (Wildman–Crippen MR) is 106 cm³/mol. The minimum atomic E-state index is -0.397. The molecule has 0 radical (unpaired) electrons. The van der Waals surface area contributed by atoms with Crippen molar-refractivity contribution in [2.45, 2.75) is 33.1 Å². The lowest BCUT2D eigenvalue weighted by Crippen LogP contribution is -2.27. The lowest BCUT2D eigenvalue weighted by atomic mass is 9.86. The molecular formula is C22H27NO4. The van der Waals surface area contributed by atoms with Gasteiger partial charge in [-0.25, -0.2) is 0 Å². The second kappa shape index (κ2) is 10.4. The van der Waals surface area contributed by atoms with Crippen LogP contribution in [0.3, 0.4) is 0 Å². The van der Waals surface area contributed by atoms with Gasteiger partial charge in [-0.1, -0.05) is 62.7 Å². The average Bonchev–Trinajstić information content (AvgIpc) is 2.69. The Labute approximate surface area is 160 Å². The molecule has 0 aliphatic heterocycles. The summed E-state index contributed by atoms with van der Waals surface area (Å²) in [6.45, 7) is 6.08. The number of hydrogen-bond acceptors (Lipinski definition) is 4. The topological polar surface area (TPSA) is 64.6 Å². The van der Waals surface area contributed by atoms with Gasteiger partial charge in [-0.15, -0.1) is 0 Å². The van der Waals surface area contributed by atoms with E-state index in [-0.39, 0.29) is 24.4 Å². The fourth-order valence-corrected chi connectivity index (χ4v) is 2.86. The third kappa shape index (κ3) is 5.84.